The van der Waals surface area contributed by atoms with Gasteiger partial charge in [0.25, 0.3) is 0 Å². The Bertz CT molecular complexity index is 1610. The lowest BCUT2D eigenvalue weighted by Gasteiger charge is -2.18. The number of aryl methyl sites for hydroxylation is 1. The maximum atomic E-state index is 13.1. The number of para-hydroxylation sites is 2. The van der Waals surface area contributed by atoms with Crippen LogP contribution in [-0.2, 0) is 4.79 Å². The van der Waals surface area contributed by atoms with Crippen molar-refractivity contribution in [1.29, 1.82) is 0 Å². The first-order chi connectivity index (χ1) is 19.6. The third-order valence-electron chi connectivity index (χ3n) is 5.94. The third-order valence-corrected chi connectivity index (χ3v) is 5.94. The Labute approximate surface area is 231 Å². The van der Waals surface area contributed by atoms with Crippen molar-refractivity contribution in [2.24, 2.45) is 5.10 Å². The molecule has 0 bridgehead atoms. The molecule has 40 heavy (non-hydrogen) atoms. The minimum atomic E-state index is -1.31. The van der Waals surface area contributed by atoms with Crippen LogP contribution in [0.1, 0.15) is 21.5 Å². The molecule has 0 fully saturated rings. The van der Waals surface area contributed by atoms with Gasteiger partial charge in [0.2, 0.25) is 0 Å². The Hall–Kier alpha value is -5.43. The van der Waals surface area contributed by atoms with Crippen LogP contribution in [0, 0.1) is 6.92 Å². The summed E-state index contributed by atoms with van der Waals surface area (Å²) >= 11 is 0. The first-order valence-corrected chi connectivity index (χ1v) is 12.6. The van der Waals surface area contributed by atoms with Crippen molar-refractivity contribution in [3.63, 3.8) is 0 Å². The molecule has 0 atom stereocenters. The molecule has 0 heterocycles. The molecule has 5 rings (SSSR count). The van der Waals surface area contributed by atoms with Gasteiger partial charge in [-0.15, -0.1) is 0 Å². The molecule has 0 aliphatic rings. The van der Waals surface area contributed by atoms with Gasteiger partial charge in [-0.1, -0.05) is 84.4 Å². The zero-order chi connectivity index (χ0) is 27.7. The maximum Gasteiger partial charge on any atom is 0.343 e. The number of nitrogens with zero attached hydrogens (tertiary/aromatic N) is 1. The smallest absolute Gasteiger partial charge is 0.343 e. The van der Waals surface area contributed by atoms with Crippen LogP contribution in [0.3, 0.4) is 0 Å². The second kappa shape index (κ2) is 12.4. The lowest BCUT2D eigenvalue weighted by Crippen LogP contribution is -2.40. The van der Waals surface area contributed by atoms with E-state index in [0.717, 1.165) is 16.3 Å². The predicted molar refractivity (Wildman–Crippen MR) is 154 cm³/mol. The zero-order valence-electron chi connectivity index (χ0n) is 21.7. The topological polar surface area (TPSA) is 86.2 Å². The zero-order valence-corrected chi connectivity index (χ0v) is 21.7. The Morgan fingerprint density at radius 1 is 0.750 bits per heavy atom. The number of ether oxygens (including phenoxy) is 3. The monoisotopic (exact) mass is 530 g/mol. The molecule has 1 amide bonds. The van der Waals surface area contributed by atoms with Crippen LogP contribution in [0.2, 0.25) is 0 Å². The van der Waals surface area contributed by atoms with Crippen LogP contribution >= 0.6 is 0 Å². The minimum absolute atomic E-state index is 0.306. The van der Waals surface area contributed by atoms with Gasteiger partial charge in [-0.25, -0.2) is 10.2 Å². The van der Waals surface area contributed by atoms with Crippen molar-refractivity contribution >= 4 is 28.9 Å². The standard InChI is InChI=1S/C33H26N2O5/c1-23-11-10-13-25(21-23)32(37)40-30-20-19-24-12-8-9-18-28(24)29(30)22-34-35-31(36)33(38-26-14-4-2-5-15-26)39-27-16-6-3-7-17-27/h2-22,33H,1H3,(H,35,36). The molecule has 5 aromatic rings. The Morgan fingerprint density at radius 2 is 1.40 bits per heavy atom. The summed E-state index contributed by atoms with van der Waals surface area (Å²) in [6, 6.07) is 36.1. The van der Waals surface area contributed by atoms with E-state index >= 15 is 0 Å². The van der Waals surface area contributed by atoms with Gasteiger partial charge in [-0.05, 0) is 60.2 Å². The maximum absolute atomic E-state index is 13.1. The summed E-state index contributed by atoms with van der Waals surface area (Å²) in [6.07, 6.45) is 0.134. The number of esters is 1. The summed E-state index contributed by atoms with van der Waals surface area (Å²) in [6.45, 7) is 1.91. The molecule has 0 spiro atoms. The number of fused-ring (bicyclic) bond motifs is 1. The van der Waals surface area contributed by atoms with Crippen LogP contribution in [-0.4, -0.2) is 24.4 Å². The SMILES string of the molecule is Cc1cccc(C(=O)Oc2ccc3ccccc3c2C=NNC(=O)C(Oc2ccccc2)Oc2ccccc2)c1. The first kappa shape index (κ1) is 26.2. The van der Waals surface area contributed by atoms with Crippen molar-refractivity contribution in [2.75, 3.05) is 0 Å². The number of hydrazone groups is 1. The highest BCUT2D eigenvalue weighted by Crippen LogP contribution is 2.27. The quantitative estimate of drug-likeness (QED) is 0.0795. The molecule has 0 saturated heterocycles. The molecule has 0 aliphatic carbocycles. The van der Waals surface area contributed by atoms with E-state index in [1.54, 1.807) is 72.8 Å². The predicted octanol–water partition coefficient (Wildman–Crippen LogP) is 6.30. The van der Waals surface area contributed by atoms with Gasteiger partial charge in [-0.2, -0.15) is 5.10 Å². The fraction of sp³-hybridized carbons (Fsp3) is 0.0606. The molecule has 1 N–H and O–H groups in total. The van der Waals surface area contributed by atoms with Crippen molar-refractivity contribution in [3.8, 4) is 17.2 Å². The highest BCUT2D eigenvalue weighted by atomic mass is 16.7. The molecule has 7 nitrogen and oxygen atoms in total. The van der Waals surface area contributed by atoms with E-state index in [1.165, 1.54) is 6.21 Å². The molecule has 198 valence electrons. The number of hydrogen-bond acceptors (Lipinski definition) is 6. The number of carbonyl (C=O) groups is 2. The van der Waals surface area contributed by atoms with Gasteiger partial charge in [-0.3, -0.25) is 4.79 Å². The fourth-order valence-electron chi connectivity index (χ4n) is 4.02. The van der Waals surface area contributed by atoms with Crippen molar-refractivity contribution in [3.05, 3.63) is 138 Å². The van der Waals surface area contributed by atoms with Crippen LogP contribution in [0.4, 0.5) is 0 Å². The van der Waals surface area contributed by atoms with Gasteiger partial charge >= 0.3 is 18.2 Å². The minimum Gasteiger partial charge on any atom is -0.446 e. The van der Waals surface area contributed by atoms with Crippen molar-refractivity contribution < 1.29 is 23.8 Å². The van der Waals surface area contributed by atoms with Gasteiger partial charge in [0.1, 0.15) is 17.2 Å². The van der Waals surface area contributed by atoms with Crippen LogP contribution in [0.5, 0.6) is 17.2 Å². The number of nitrogens with one attached hydrogen (secondary N) is 1. The largest absolute Gasteiger partial charge is 0.446 e. The van der Waals surface area contributed by atoms with Crippen molar-refractivity contribution in [2.45, 2.75) is 13.2 Å². The van der Waals surface area contributed by atoms with E-state index in [1.807, 2.05) is 55.5 Å². The summed E-state index contributed by atoms with van der Waals surface area (Å²) < 4.78 is 17.4. The number of carbonyl (C=O) groups excluding carboxylic acids is 2. The molecule has 0 aromatic heterocycles. The third kappa shape index (κ3) is 6.52. The summed E-state index contributed by atoms with van der Waals surface area (Å²) in [5.41, 5.74) is 4.41. The van der Waals surface area contributed by atoms with Gasteiger partial charge < -0.3 is 14.2 Å². The normalized spacial score (nSPS) is 10.9. The van der Waals surface area contributed by atoms with Gasteiger partial charge in [0, 0.05) is 5.56 Å². The molecular formula is C33H26N2O5. The number of rotatable bonds is 9. The number of hydrogen-bond donors (Lipinski definition) is 1. The van der Waals surface area contributed by atoms with Crippen LogP contribution in [0.15, 0.2) is 126 Å². The van der Waals surface area contributed by atoms with E-state index < -0.39 is 18.2 Å². The van der Waals surface area contributed by atoms with E-state index in [9.17, 15) is 9.59 Å². The lowest BCUT2D eigenvalue weighted by atomic mass is 10.0. The van der Waals surface area contributed by atoms with Crippen LogP contribution in [0.25, 0.3) is 10.8 Å². The molecule has 7 heteroatoms. The van der Waals surface area contributed by atoms with Crippen molar-refractivity contribution in [1.82, 2.24) is 5.43 Å². The van der Waals surface area contributed by atoms with Gasteiger partial charge in [0.05, 0.1) is 11.8 Å². The summed E-state index contributed by atoms with van der Waals surface area (Å²) in [7, 11) is 0. The average molecular weight is 531 g/mol. The molecule has 0 unspecified atom stereocenters. The summed E-state index contributed by atoms with van der Waals surface area (Å²) in [4.78, 5) is 26.0. The molecule has 0 aliphatic heterocycles. The molecule has 0 radical (unpaired) electrons. The van der Waals surface area contributed by atoms with Crippen LogP contribution < -0.4 is 19.6 Å². The second-order valence-electron chi connectivity index (χ2n) is 8.89. The highest BCUT2D eigenvalue weighted by Gasteiger charge is 2.23. The Morgan fingerprint density at radius 3 is 2.08 bits per heavy atom. The van der Waals surface area contributed by atoms with Gasteiger partial charge in [0.15, 0.2) is 0 Å². The first-order valence-electron chi connectivity index (χ1n) is 12.6. The summed E-state index contributed by atoms with van der Waals surface area (Å²) in [5, 5.41) is 5.89. The fourth-order valence-corrected chi connectivity index (χ4v) is 4.02. The van der Waals surface area contributed by atoms with E-state index in [-0.39, 0.29) is 0 Å². The van der Waals surface area contributed by atoms with E-state index in [0.29, 0.717) is 28.4 Å². The molecule has 5 aromatic carbocycles. The second-order valence-corrected chi connectivity index (χ2v) is 8.89. The van der Waals surface area contributed by atoms with E-state index in [2.05, 4.69) is 10.5 Å². The highest BCUT2D eigenvalue weighted by molar-refractivity contribution is 6.04. The molecular weight excluding hydrogens is 504 g/mol. The van der Waals surface area contributed by atoms with E-state index in [4.69, 9.17) is 14.2 Å². The molecule has 0 saturated carbocycles. The summed E-state index contributed by atoms with van der Waals surface area (Å²) in [5.74, 6) is 0.109. The number of amides is 1. The Balaban J connectivity index is 1.39. The number of benzene rings is 5. The average Bonchev–Trinajstić information content (AvgIpc) is 2.98. The lowest BCUT2D eigenvalue weighted by molar-refractivity contribution is -0.140. The Kier molecular flexibility index (Phi) is 8.12.